The van der Waals surface area contributed by atoms with Crippen LogP contribution >= 0.6 is 0 Å². The lowest BCUT2D eigenvalue weighted by Crippen LogP contribution is -2.22. The van der Waals surface area contributed by atoms with Crippen LogP contribution in [0.2, 0.25) is 0 Å². The fraction of sp³-hybridized carbons (Fsp3) is 0.538. The third-order valence-corrected chi connectivity index (χ3v) is 3.35. The monoisotopic (exact) mass is 261 g/mol. The molecule has 18 heavy (non-hydrogen) atoms. The molecule has 1 saturated heterocycles. The topological polar surface area (TPSA) is 12.0 Å². The zero-order chi connectivity index (χ0) is 13.2. The Morgan fingerprint density at radius 2 is 2.00 bits per heavy atom. The van der Waals surface area contributed by atoms with Gasteiger partial charge in [-0.1, -0.05) is 18.2 Å². The van der Waals surface area contributed by atoms with Gasteiger partial charge in [-0.05, 0) is 24.6 Å². The SMILES string of the molecule is FC(Cc1ccccc1C(F)(F)F)C1CCNC1. The molecule has 2 rings (SSSR count). The molecule has 0 aromatic heterocycles. The maximum atomic E-state index is 14.0. The molecule has 100 valence electrons. The first-order valence-corrected chi connectivity index (χ1v) is 5.98. The van der Waals surface area contributed by atoms with Crippen LogP contribution in [0.4, 0.5) is 17.6 Å². The third kappa shape index (κ3) is 3.02. The molecule has 5 heteroatoms. The van der Waals surface area contributed by atoms with Crippen LogP contribution in [0.15, 0.2) is 24.3 Å². The quantitative estimate of drug-likeness (QED) is 0.824. The van der Waals surface area contributed by atoms with Crippen LogP contribution in [-0.4, -0.2) is 19.3 Å². The van der Waals surface area contributed by atoms with Gasteiger partial charge in [0.2, 0.25) is 0 Å². The Labute approximate surface area is 103 Å². The summed E-state index contributed by atoms with van der Waals surface area (Å²) < 4.78 is 52.2. The zero-order valence-corrected chi connectivity index (χ0v) is 9.80. The van der Waals surface area contributed by atoms with Gasteiger partial charge in [0.1, 0.15) is 6.17 Å². The molecule has 0 bridgehead atoms. The highest BCUT2D eigenvalue weighted by Gasteiger charge is 2.34. The summed E-state index contributed by atoms with van der Waals surface area (Å²) >= 11 is 0. The molecule has 0 aliphatic carbocycles. The third-order valence-electron chi connectivity index (χ3n) is 3.35. The Morgan fingerprint density at radius 3 is 2.61 bits per heavy atom. The van der Waals surface area contributed by atoms with Crippen LogP contribution in [0.3, 0.4) is 0 Å². The Balaban J connectivity index is 2.13. The van der Waals surface area contributed by atoms with Gasteiger partial charge in [0.25, 0.3) is 0 Å². The van der Waals surface area contributed by atoms with Crippen LogP contribution in [0, 0.1) is 5.92 Å². The van der Waals surface area contributed by atoms with Crippen molar-refractivity contribution in [1.82, 2.24) is 5.32 Å². The molecule has 1 nitrogen and oxygen atoms in total. The normalized spacial score (nSPS) is 22.1. The second kappa shape index (κ2) is 5.26. The Kier molecular flexibility index (Phi) is 3.90. The molecular weight excluding hydrogens is 246 g/mol. The van der Waals surface area contributed by atoms with Crippen molar-refractivity contribution in [3.63, 3.8) is 0 Å². The first-order chi connectivity index (χ1) is 8.48. The van der Waals surface area contributed by atoms with E-state index in [0.29, 0.717) is 13.0 Å². The standard InChI is InChI=1S/C13H15F4N/c14-12(10-5-6-18-8-10)7-9-3-1-2-4-11(9)13(15,16)17/h1-4,10,12,18H,5-8H2. The predicted molar refractivity (Wildman–Crippen MR) is 61.0 cm³/mol. The van der Waals surface area contributed by atoms with Gasteiger partial charge in [-0.15, -0.1) is 0 Å². The number of rotatable bonds is 3. The smallest absolute Gasteiger partial charge is 0.316 e. The fourth-order valence-electron chi connectivity index (χ4n) is 2.34. The zero-order valence-electron chi connectivity index (χ0n) is 9.80. The van der Waals surface area contributed by atoms with E-state index >= 15 is 0 Å². The van der Waals surface area contributed by atoms with E-state index in [1.54, 1.807) is 0 Å². The van der Waals surface area contributed by atoms with Gasteiger partial charge in [0.05, 0.1) is 5.56 Å². The van der Waals surface area contributed by atoms with E-state index in [1.165, 1.54) is 18.2 Å². The van der Waals surface area contributed by atoms with E-state index in [4.69, 9.17) is 0 Å². The number of alkyl halides is 4. The average Bonchev–Trinajstić information content (AvgIpc) is 2.81. The number of nitrogens with one attached hydrogen (secondary N) is 1. The molecular formula is C13H15F4N. The summed E-state index contributed by atoms with van der Waals surface area (Å²) in [6.07, 6.45) is -5.11. The second-order valence-electron chi connectivity index (χ2n) is 4.63. The van der Waals surface area contributed by atoms with Crippen LogP contribution in [-0.2, 0) is 12.6 Å². The molecule has 1 aliphatic rings. The largest absolute Gasteiger partial charge is 0.416 e. The molecule has 0 saturated carbocycles. The molecule has 1 aromatic rings. The van der Waals surface area contributed by atoms with Crippen molar-refractivity contribution in [1.29, 1.82) is 0 Å². The summed E-state index contributed by atoms with van der Waals surface area (Å²) in [5.41, 5.74) is -0.678. The van der Waals surface area contributed by atoms with E-state index in [1.807, 2.05) is 0 Å². The molecule has 0 amide bonds. The van der Waals surface area contributed by atoms with Crippen LogP contribution in [0.1, 0.15) is 17.5 Å². The van der Waals surface area contributed by atoms with Gasteiger partial charge in [0, 0.05) is 18.9 Å². The molecule has 1 N–H and O–H groups in total. The predicted octanol–water partition coefficient (Wildman–Crippen LogP) is 3.20. The Bertz CT molecular complexity index is 396. The Morgan fingerprint density at radius 1 is 1.28 bits per heavy atom. The van der Waals surface area contributed by atoms with E-state index in [0.717, 1.165) is 12.6 Å². The fourth-order valence-corrected chi connectivity index (χ4v) is 2.34. The molecule has 1 fully saturated rings. The van der Waals surface area contributed by atoms with Crippen molar-refractivity contribution < 1.29 is 17.6 Å². The summed E-state index contributed by atoms with van der Waals surface area (Å²) in [6.45, 7) is 1.29. The maximum Gasteiger partial charge on any atom is 0.416 e. The molecule has 1 heterocycles. The van der Waals surface area contributed by atoms with Crippen molar-refractivity contribution in [2.24, 2.45) is 5.92 Å². The first-order valence-electron chi connectivity index (χ1n) is 5.98. The molecule has 0 radical (unpaired) electrons. The van der Waals surface area contributed by atoms with Crippen molar-refractivity contribution in [2.75, 3.05) is 13.1 Å². The van der Waals surface area contributed by atoms with Crippen LogP contribution in [0.5, 0.6) is 0 Å². The minimum absolute atomic E-state index is 0.0457. The maximum absolute atomic E-state index is 14.0. The highest BCUT2D eigenvalue weighted by atomic mass is 19.4. The summed E-state index contributed by atoms with van der Waals surface area (Å²) in [4.78, 5) is 0. The lowest BCUT2D eigenvalue weighted by molar-refractivity contribution is -0.138. The second-order valence-corrected chi connectivity index (χ2v) is 4.63. The molecule has 2 atom stereocenters. The minimum atomic E-state index is -4.41. The number of halogens is 4. The summed E-state index contributed by atoms with van der Waals surface area (Å²) in [5, 5.41) is 3.02. The highest BCUT2D eigenvalue weighted by molar-refractivity contribution is 5.30. The summed E-state index contributed by atoms with van der Waals surface area (Å²) in [6, 6.07) is 5.22. The van der Waals surface area contributed by atoms with Crippen molar-refractivity contribution in [2.45, 2.75) is 25.2 Å². The van der Waals surface area contributed by atoms with Gasteiger partial charge in [-0.25, -0.2) is 4.39 Å². The number of hydrogen-bond donors (Lipinski definition) is 1. The average molecular weight is 261 g/mol. The van der Waals surface area contributed by atoms with Crippen LogP contribution < -0.4 is 5.32 Å². The van der Waals surface area contributed by atoms with Crippen molar-refractivity contribution >= 4 is 0 Å². The van der Waals surface area contributed by atoms with Gasteiger partial charge in [-0.2, -0.15) is 13.2 Å². The van der Waals surface area contributed by atoms with E-state index in [2.05, 4.69) is 5.32 Å². The number of benzene rings is 1. The lowest BCUT2D eigenvalue weighted by atomic mass is 9.94. The summed E-state index contributed by atoms with van der Waals surface area (Å²) in [5.74, 6) is -0.175. The van der Waals surface area contributed by atoms with Gasteiger partial charge in [0.15, 0.2) is 0 Å². The lowest BCUT2D eigenvalue weighted by Gasteiger charge is -2.18. The van der Waals surface area contributed by atoms with Crippen molar-refractivity contribution in [3.05, 3.63) is 35.4 Å². The highest BCUT2D eigenvalue weighted by Crippen LogP contribution is 2.33. The van der Waals surface area contributed by atoms with E-state index < -0.39 is 17.9 Å². The van der Waals surface area contributed by atoms with Crippen molar-refractivity contribution in [3.8, 4) is 0 Å². The van der Waals surface area contributed by atoms with Gasteiger partial charge >= 0.3 is 6.18 Å². The van der Waals surface area contributed by atoms with Gasteiger partial charge < -0.3 is 5.32 Å². The van der Waals surface area contributed by atoms with E-state index in [-0.39, 0.29) is 17.9 Å². The molecule has 1 aromatic carbocycles. The summed E-state index contributed by atoms with van der Waals surface area (Å²) in [7, 11) is 0. The first kappa shape index (κ1) is 13.3. The molecule has 1 aliphatic heterocycles. The van der Waals surface area contributed by atoms with Gasteiger partial charge in [-0.3, -0.25) is 0 Å². The van der Waals surface area contributed by atoms with E-state index in [9.17, 15) is 17.6 Å². The minimum Gasteiger partial charge on any atom is -0.316 e. The Hall–Kier alpha value is -1.10. The molecule has 2 unspecified atom stereocenters. The molecule has 0 spiro atoms. The van der Waals surface area contributed by atoms with Crippen LogP contribution in [0.25, 0.3) is 0 Å². The number of hydrogen-bond acceptors (Lipinski definition) is 1.